The summed E-state index contributed by atoms with van der Waals surface area (Å²) in [4.78, 5) is 64.1. The van der Waals surface area contributed by atoms with Gasteiger partial charge in [-0.3, -0.25) is 9.59 Å². The number of nitrogens with zero attached hydrogens (tertiary/aromatic N) is 11. The molecule has 6 aromatic rings. The molecule has 0 spiro atoms. The van der Waals surface area contributed by atoms with Gasteiger partial charge in [0.05, 0.1) is 62.9 Å². The molecule has 6 aromatic heterocycles. The number of aryl methyl sites for hydroxylation is 1. The van der Waals surface area contributed by atoms with Gasteiger partial charge in [-0.25, -0.2) is 39.6 Å². The van der Waals surface area contributed by atoms with Crippen LogP contribution in [0, 0.1) is 0 Å². The second-order valence-electron chi connectivity index (χ2n) is 16.1. The molecule has 0 bridgehead atoms. The average Bonchev–Trinajstić information content (AvgIpc) is 3.98. The first-order valence-corrected chi connectivity index (χ1v) is 22.6. The molecule has 344 valence electrons. The van der Waals surface area contributed by atoms with Gasteiger partial charge in [-0.2, -0.15) is 5.10 Å². The fourth-order valence-electron chi connectivity index (χ4n) is 7.88. The van der Waals surface area contributed by atoms with Crippen LogP contribution in [-0.2, 0) is 43.3 Å². The third-order valence-electron chi connectivity index (χ3n) is 11.5. The number of nitrogens with two attached hydrogens (primary N) is 1. The number of nitrogens with one attached hydrogen (secondary N) is 2. The highest BCUT2D eigenvalue weighted by atomic mass is 16.6. The summed E-state index contributed by atoms with van der Waals surface area (Å²) in [6.07, 6.45) is 15.5. The van der Waals surface area contributed by atoms with E-state index in [0.717, 1.165) is 93.2 Å². The Hall–Kier alpha value is -6.06. The first-order valence-electron chi connectivity index (χ1n) is 22.6. The van der Waals surface area contributed by atoms with E-state index >= 15 is 0 Å². The largest absolute Gasteiger partial charge is 0.383 e. The number of carbonyl (C=O) groups excluding carboxylic acids is 2. The fourth-order valence-corrected chi connectivity index (χ4v) is 7.88. The van der Waals surface area contributed by atoms with Crippen molar-refractivity contribution < 1.29 is 28.5 Å². The van der Waals surface area contributed by atoms with Crippen molar-refractivity contribution in [3.8, 4) is 11.3 Å². The number of Topliss-reactive ketones (excluding diaryl/α,β-unsaturated/α-hetero) is 2. The Kier molecular flexibility index (Phi) is 16.3. The number of ether oxygens (including phenoxy) is 4. The Balaban J connectivity index is 0.594. The maximum atomic E-state index is 12.7. The Labute approximate surface area is 377 Å². The molecule has 20 heteroatoms. The first-order chi connectivity index (χ1) is 32.0. The maximum absolute atomic E-state index is 12.7. The van der Waals surface area contributed by atoms with Gasteiger partial charge in [0.15, 0.2) is 11.4 Å². The predicted molar refractivity (Wildman–Crippen MR) is 244 cm³/mol. The number of H-pyrrole nitrogens is 1. The number of pyridine rings is 1. The van der Waals surface area contributed by atoms with E-state index in [1.165, 1.54) is 11.9 Å². The molecule has 0 radical (unpaired) electrons. The molecule has 0 unspecified atom stereocenters. The van der Waals surface area contributed by atoms with Crippen molar-refractivity contribution in [3.05, 3.63) is 66.3 Å². The van der Waals surface area contributed by atoms with Crippen LogP contribution in [0.25, 0.3) is 33.3 Å². The molecule has 1 saturated heterocycles. The molecule has 8 rings (SSSR count). The highest BCUT2D eigenvalue weighted by Gasteiger charge is 2.23. The molecule has 4 N–H and O–H groups in total. The number of anilines is 3. The summed E-state index contributed by atoms with van der Waals surface area (Å²) in [5.41, 5.74) is 12.1. The molecular formula is C45H58N14O6. The Bertz CT molecular complexity index is 2470. The lowest BCUT2D eigenvalue weighted by Crippen LogP contribution is -2.47. The average molecular weight is 891 g/mol. The van der Waals surface area contributed by atoms with Gasteiger partial charge in [0.1, 0.15) is 29.3 Å². The standard InChI is InChI=1S/C45H58N14O6/c46-41-39-40(33-25-32-7-11-48-42(32)49-27-33)56-59(43(39)54-31-53-41)12-3-1-2-5-36(60)9-18-63-20-22-65-24-23-64-21-19-62-17-4-6-38(61)35-29-50-44(51-30-35)57-13-15-58(16-14-57)45-52-28-34-26-47-10-8-37(34)55-45/h7,11,25,27-31,47H,1-6,8-10,12-24,26H2,(H,48,49)(H2,46,53,54). The molecule has 0 saturated carbocycles. The van der Waals surface area contributed by atoms with Crippen molar-refractivity contribution in [2.45, 2.75) is 64.5 Å². The number of carbonyl (C=O) groups is 2. The van der Waals surface area contributed by atoms with Crippen molar-refractivity contribution in [2.24, 2.45) is 0 Å². The second-order valence-corrected chi connectivity index (χ2v) is 16.1. The number of rotatable bonds is 26. The van der Waals surface area contributed by atoms with E-state index in [-0.39, 0.29) is 11.6 Å². The van der Waals surface area contributed by atoms with E-state index in [1.807, 2.05) is 29.2 Å². The number of hydrogen-bond acceptors (Lipinski definition) is 18. The number of hydrogen-bond donors (Lipinski definition) is 3. The van der Waals surface area contributed by atoms with Gasteiger partial charge in [-0.1, -0.05) is 6.42 Å². The van der Waals surface area contributed by atoms with Gasteiger partial charge in [0, 0.05) is 126 Å². The lowest BCUT2D eigenvalue weighted by Gasteiger charge is -2.35. The molecule has 0 aromatic carbocycles. The van der Waals surface area contributed by atoms with Crippen LogP contribution in [0.5, 0.6) is 0 Å². The zero-order valence-electron chi connectivity index (χ0n) is 36.8. The zero-order valence-corrected chi connectivity index (χ0v) is 36.8. The van der Waals surface area contributed by atoms with Crippen LogP contribution in [0.1, 0.15) is 66.6 Å². The molecule has 8 heterocycles. The normalized spacial score (nSPS) is 14.1. The van der Waals surface area contributed by atoms with Gasteiger partial charge in [0.2, 0.25) is 11.9 Å². The van der Waals surface area contributed by atoms with E-state index in [1.54, 1.807) is 18.6 Å². The maximum Gasteiger partial charge on any atom is 0.225 e. The number of unbranched alkanes of at least 4 members (excludes halogenated alkanes) is 2. The van der Waals surface area contributed by atoms with Crippen molar-refractivity contribution in [3.63, 3.8) is 0 Å². The molecular weight excluding hydrogens is 833 g/mol. The quantitative estimate of drug-likeness (QED) is 0.0519. The van der Waals surface area contributed by atoms with Crippen LogP contribution in [0.3, 0.4) is 0 Å². The monoisotopic (exact) mass is 890 g/mol. The molecule has 2 aliphatic rings. The van der Waals surface area contributed by atoms with Crippen LogP contribution in [0.4, 0.5) is 17.7 Å². The summed E-state index contributed by atoms with van der Waals surface area (Å²) in [5.74, 6) is 1.97. The van der Waals surface area contributed by atoms with Crippen LogP contribution in [-0.4, -0.2) is 147 Å². The number of fused-ring (bicyclic) bond motifs is 3. The summed E-state index contributed by atoms with van der Waals surface area (Å²) in [6, 6.07) is 3.99. The molecule has 20 nitrogen and oxygen atoms in total. The first kappa shape index (κ1) is 45.5. The lowest BCUT2D eigenvalue weighted by atomic mass is 10.1. The summed E-state index contributed by atoms with van der Waals surface area (Å²) >= 11 is 0. The van der Waals surface area contributed by atoms with Gasteiger partial charge in [-0.05, 0) is 31.4 Å². The smallest absolute Gasteiger partial charge is 0.225 e. The molecule has 2 aliphatic heterocycles. The van der Waals surface area contributed by atoms with Crippen LogP contribution in [0.2, 0.25) is 0 Å². The Morgan fingerprint density at radius 2 is 1.45 bits per heavy atom. The number of ketones is 2. The summed E-state index contributed by atoms with van der Waals surface area (Å²) < 4.78 is 24.3. The molecule has 0 amide bonds. The third-order valence-corrected chi connectivity index (χ3v) is 11.5. The van der Waals surface area contributed by atoms with Crippen molar-refractivity contribution in [1.29, 1.82) is 0 Å². The van der Waals surface area contributed by atoms with Crippen molar-refractivity contribution in [2.75, 3.05) is 101 Å². The summed E-state index contributed by atoms with van der Waals surface area (Å²) in [7, 11) is 0. The highest BCUT2D eigenvalue weighted by Crippen LogP contribution is 2.31. The van der Waals surface area contributed by atoms with Crippen LogP contribution in [0.15, 0.2) is 49.4 Å². The topological polar surface area (TPSA) is 239 Å². The van der Waals surface area contributed by atoms with Gasteiger partial charge >= 0.3 is 0 Å². The number of piperazine rings is 1. The van der Waals surface area contributed by atoms with Gasteiger partial charge in [-0.15, -0.1) is 0 Å². The number of aromatic amines is 1. The van der Waals surface area contributed by atoms with Crippen LogP contribution < -0.4 is 20.9 Å². The van der Waals surface area contributed by atoms with Crippen LogP contribution >= 0.6 is 0 Å². The molecule has 0 aliphatic carbocycles. The van der Waals surface area contributed by atoms with E-state index < -0.39 is 0 Å². The second kappa shape index (κ2) is 23.2. The zero-order chi connectivity index (χ0) is 44.6. The minimum atomic E-state index is -0.00399. The molecule has 1 fully saturated rings. The van der Waals surface area contributed by atoms with E-state index in [4.69, 9.17) is 34.8 Å². The van der Waals surface area contributed by atoms with Crippen molar-refractivity contribution in [1.82, 2.24) is 55.0 Å². The SMILES string of the molecule is Nc1ncnc2c1c(-c1cnc3[nH]ccc3c1)nn2CCCCCC(=O)CCOCCOCCOCCOCCCC(=O)c1cnc(N2CCN(c3ncc4c(n3)CCNC4)CC2)nc1. The molecule has 0 atom stereocenters. The predicted octanol–water partition coefficient (Wildman–Crippen LogP) is 3.75. The number of nitrogen functional groups attached to an aromatic ring is 1. The minimum absolute atomic E-state index is 0.00399. The van der Waals surface area contributed by atoms with Crippen molar-refractivity contribution >= 4 is 51.3 Å². The minimum Gasteiger partial charge on any atom is -0.383 e. The Morgan fingerprint density at radius 3 is 2.23 bits per heavy atom. The van der Waals surface area contributed by atoms with Gasteiger partial charge in [0.25, 0.3) is 0 Å². The summed E-state index contributed by atoms with van der Waals surface area (Å²) in [6.45, 7) is 8.91. The van der Waals surface area contributed by atoms with E-state index in [0.29, 0.717) is 119 Å². The highest BCUT2D eigenvalue weighted by molar-refractivity contribution is 5.99. The van der Waals surface area contributed by atoms with Gasteiger partial charge < -0.3 is 44.8 Å². The van der Waals surface area contributed by atoms with E-state index in [9.17, 15) is 9.59 Å². The molecule has 65 heavy (non-hydrogen) atoms. The Morgan fingerprint density at radius 1 is 0.723 bits per heavy atom. The fraction of sp³-hybridized carbons (Fsp3) is 0.511. The third kappa shape index (κ3) is 12.4. The lowest BCUT2D eigenvalue weighted by molar-refractivity contribution is -0.120. The summed E-state index contributed by atoms with van der Waals surface area (Å²) in [5, 5.41) is 9.90. The van der Waals surface area contributed by atoms with E-state index in [2.05, 4.69) is 50.0 Å². The number of aromatic nitrogens is 10.